The van der Waals surface area contributed by atoms with Gasteiger partial charge in [-0.25, -0.2) is 0 Å². The van der Waals surface area contributed by atoms with Crippen molar-refractivity contribution in [2.75, 3.05) is 4.90 Å². The number of aliphatic hydroxyl groups is 1. The summed E-state index contributed by atoms with van der Waals surface area (Å²) in [6.07, 6.45) is 4.52. The number of amides is 1. The van der Waals surface area contributed by atoms with E-state index in [0.29, 0.717) is 11.3 Å². The maximum Gasteiger partial charge on any atom is 0.294 e. The predicted molar refractivity (Wildman–Crippen MR) is 101 cm³/mol. The molecule has 134 valence electrons. The Morgan fingerprint density at radius 1 is 1.15 bits per heavy atom. The number of benzene rings is 1. The van der Waals surface area contributed by atoms with Crippen LogP contribution in [-0.4, -0.2) is 21.8 Å². The third-order valence-corrected chi connectivity index (χ3v) is 4.80. The summed E-state index contributed by atoms with van der Waals surface area (Å²) in [5, 5.41) is 10.6. The Labute approximate surface area is 162 Å². The lowest BCUT2D eigenvalue weighted by Gasteiger charge is -2.26. The number of carbonyl (C=O) groups is 2. The van der Waals surface area contributed by atoms with Crippen LogP contribution in [0.3, 0.4) is 0 Å². The zero-order chi connectivity index (χ0) is 19.0. The van der Waals surface area contributed by atoms with E-state index >= 15 is 0 Å². The molecule has 0 aliphatic carbocycles. The van der Waals surface area contributed by atoms with E-state index in [1.54, 1.807) is 48.8 Å². The average Bonchev–Trinajstić information content (AvgIpc) is 3.30. The molecule has 1 N–H and O–H groups in total. The lowest BCUT2D eigenvalue weighted by molar-refractivity contribution is -0.117. The number of ketones is 1. The Balaban J connectivity index is 1.89. The number of hydrogen-bond acceptors (Lipinski definition) is 5. The van der Waals surface area contributed by atoms with Crippen molar-refractivity contribution in [3.63, 3.8) is 0 Å². The number of hydrogen-bond donors (Lipinski definition) is 1. The van der Waals surface area contributed by atoms with Crippen LogP contribution in [0.2, 0.25) is 0 Å². The molecule has 1 aliphatic rings. The van der Waals surface area contributed by atoms with Gasteiger partial charge in [0.25, 0.3) is 5.91 Å². The van der Waals surface area contributed by atoms with Gasteiger partial charge in [-0.1, -0.05) is 22.0 Å². The summed E-state index contributed by atoms with van der Waals surface area (Å²) >= 11 is 3.39. The van der Waals surface area contributed by atoms with Gasteiger partial charge >= 0.3 is 0 Å². The Morgan fingerprint density at radius 2 is 1.93 bits per heavy atom. The molecule has 1 unspecified atom stereocenters. The topological polar surface area (TPSA) is 83.6 Å². The van der Waals surface area contributed by atoms with E-state index < -0.39 is 23.5 Å². The number of aromatic nitrogens is 1. The minimum Gasteiger partial charge on any atom is -0.503 e. The molecule has 27 heavy (non-hydrogen) atoms. The van der Waals surface area contributed by atoms with E-state index in [2.05, 4.69) is 20.9 Å². The summed E-state index contributed by atoms with van der Waals surface area (Å²) < 4.78 is 5.96. The smallest absolute Gasteiger partial charge is 0.294 e. The van der Waals surface area contributed by atoms with Crippen molar-refractivity contribution in [2.45, 2.75) is 6.04 Å². The molecule has 2 aromatic heterocycles. The monoisotopic (exact) mass is 424 g/mol. The molecule has 6 nitrogen and oxygen atoms in total. The SMILES string of the molecule is O=C(C1=C(O)C(=O)N(c2cccc(Br)c2)C1c1ccncc1)c1ccco1. The van der Waals surface area contributed by atoms with Gasteiger partial charge in [0.1, 0.15) is 0 Å². The van der Waals surface area contributed by atoms with E-state index in [1.165, 1.54) is 17.2 Å². The Hall–Kier alpha value is -3.19. The van der Waals surface area contributed by atoms with Gasteiger partial charge in [-0.2, -0.15) is 0 Å². The molecular formula is C20H13BrN2O4. The highest BCUT2D eigenvalue weighted by Gasteiger charge is 2.45. The Bertz CT molecular complexity index is 1040. The fourth-order valence-electron chi connectivity index (χ4n) is 3.13. The number of anilines is 1. The van der Waals surface area contributed by atoms with E-state index in [4.69, 9.17) is 4.42 Å². The van der Waals surface area contributed by atoms with Crippen LogP contribution < -0.4 is 4.90 Å². The van der Waals surface area contributed by atoms with Crippen LogP contribution in [0.1, 0.15) is 22.2 Å². The average molecular weight is 425 g/mol. The van der Waals surface area contributed by atoms with Gasteiger partial charge in [-0.15, -0.1) is 0 Å². The van der Waals surface area contributed by atoms with Crippen molar-refractivity contribution >= 4 is 33.3 Å². The summed E-state index contributed by atoms with van der Waals surface area (Å²) in [7, 11) is 0. The minimum absolute atomic E-state index is 0.0267. The zero-order valence-corrected chi connectivity index (χ0v) is 15.5. The highest BCUT2D eigenvalue weighted by Crippen LogP contribution is 2.42. The van der Waals surface area contributed by atoms with Crippen LogP contribution in [-0.2, 0) is 4.79 Å². The zero-order valence-electron chi connectivity index (χ0n) is 13.9. The molecule has 7 heteroatoms. The first kappa shape index (κ1) is 17.2. The second-order valence-electron chi connectivity index (χ2n) is 5.91. The second kappa shape index (κ2) is 6.85. The predicted octanol–water partition coefficient (Wildman–Crippen LogP) is 4.22. The van der Waals surface area contributed by atoms with Crippen LogP contribution in [0.4, 0.5) is 5.69 Å². The van der Waals surface area contributed by atoms with Crippen LogP contribution >= 0.6 is 15.9 Å². The van der Waals surface area contributed by atoms with Crippen molar-refractivity contribution < 1.29 is 19.1 Å². The first-order valence-electron chi connectivity index (χ1n) is 8.08. The summed E-state index contributed by atoms with van der Waals surface area (Å²) in [4.78, 5) is 31.3. The first-order chi connectivity index (χ1) is 13.1. The van der Waals surface area contributed by atoms with Gasteiger partial charge in [-0.05, 0) is 48.0 Å². The third kappa shape index (κ3) is 2.96. The van der Waals surface area contributed by atoms with Crippen LogP contribution in [0.5, 0.6) is 0 Å². The number of rotatable bonds is 4. The first-order valence-corrected chi connectivity index (χ1v) is 8.87. The molecule has 0 fully saturated rings. The summed E-state index contributed by atoms with van der Waals surface area (Å²) in [5.74, 6) is -1.72. The largest absolute Gasteiger partial charge is 0.503 e. The van der Waals surface area contributed by atoms with Crippen LogP contribution in [0.25, 0.3) is 0 Å². The molecule has 3 aromatic rings. The molecule has 0 spiro atoms. The summed E-state index contributed by atoms with van der Waals surface area (Å²) in [5.41, 5.74) is 1.17. The van der Waals surface area contributed by atoms with Crippen molar-refractivity contribution in [3.8, 4) is 0 Å². The number of pyridine rings is 1. The van der Waals surface area contributed by atoms with E-state index in [9.17, 15) is 14.7 Å². The highest BCUT2D eigenvalue weighted by atomic mass is 79.9. The lowest BCUT2D eigenvalue weighted by Crippen LogP contribution is -2.31. The highest BCUT2D eigenvalue weighted by molar-refractivity contribution is 9.10. The van der Waals surface area contributed by atoms with Crippen molar-refractivity contribution in [2.24, 2.45) is 0 Å². The summed E-state index contributed by atoms with van der Waals surface area (Å²) in [6, 6.07) is 12.8. The molecule has 0 bridgehead atoms. The van der Waals surface area contributed by atoms with Gasteiger partial charge in [0.2, 0.25) is 5.78 Å². The van der Waals surface area contributed by atoms with Crippen molar-refractivity contribution in [1.29, 1.82) is 0 Å². The van der Waals surface area contributed by atoms with Gasteiger partial charge in [0.15, 0.2) is 11.5 Å². The van der Waals surface area contributed by atoms with Crippen molar-refractivity contribution in [3.05, 3.63) is 94.3 Å². The van der Waals surface area contributed by atoms with E-state index in [-0.39, 0.29) is 11.3 Å². The molecule has 1 atom stereocenters. The molecule has 0 saturated carbocycles. The van der Waals surface area contributed by atoms with Crippen LogP contribution in [0, 0.1) is 0 Å². The molecule has 0 radical (unpaired) electrons. The number of aliphatic hydroxyl groups excluding tert-OH is 1. The quantitative estimate of drug-likeness (QED) is 0.633. The normalized spacial score (nSPS) is 16.9. The fourth-order valence-corrected chi connectivity index (χ4v) is 3.52. The van der Waals surface area contributed by atoms with Gasteiger partial charge in [0.05, 0.1) is 17.9 Å². The molecular weight excluding hydrogens is 412 g/mol. The fraction of sp³-hybridized carbons (Fsp3) is 0.0500. The summed E-state index contributed by atoms with van der Waals surface area (Å²) in [6.45, 7) is 0. The van der Waals surface area contributed by atoms with Gasteiger partial charge in [0, 0.05) is 22.6 Å². The minimum atomic E-state index is -0.799. The number of Topliss-reactive ketones (excluding diaryl/α,β-unsaturated/α-hetero) is 1. The number of nitrogens with zero attached hydrogens (tertiary/aromatic N) is 2. The maximum absolute atomic E-state index is 13.0. The molecule has 1 aromatic carbocycles. The number of carbonyl (C=O) groups excluding carboxylic acids is 2. The molecule has 3 heterocycles. The van der Waals surface area contributed by atoms with Crippen LogP contribution in [0.15, 0.2) is 87.4 Å². The molecule has 1 amide bonds. The lowest BCUT2D eigenvalue weighted by atomic mass is 9.95. The standard InChI is InChI=1S/C20H13BrN2O4/c21-13-3-1-4-14(11-13)23-17(12-6-8-22-9-7-12)16(19(25)20(23)26)18(24)15-5-2-10-27-15/h1-11,17,25H. The van der Waals surface area contributed by atoms with E-state index in [1.807, 2.05) is 6.07 Å². The van der Waals surface area contributed by atoms with Gasteiger partial charge < -0.3 is 9.52 Å². The van der Waals surface area contributed by atoms with Crippen molar-refractivity contribution in [1.82, 2.24) is 4.98 Å². The number of furan rings is 1. The molecule has 1 aliphatic heterocycles. The number of halogens is 1. The van der Waals surface area contributed by atoms with Gasteiger partial charge in [-0.3, -0.25) is 19.5 Å². The molecule has 0 saturated heterocycles. The Kier molecular flexibility index (Phi) is 4.37. The third-order valence-electron chi connectivity index (χ3n) is 4.31. The van der Waals surface area contributed by atoms with E-state index in [0.717, 1.165) is 4.47 Å². The maximum atomic E-state index is 13.0. The molecule has 4 rings (SSSR count). The Morgan fingerprint density at radius 3 is 2.59 bits per heavy atom. The second-order valence-corrected chi connectivity index (χ2v) is 6.82.